The van der Waals surface area contributed by atoms with Crippen molar-refractivity contribution in [1.82, 2.24) is 9.80 Å². The van der Waals surface area contributed by atoms with Crippen LogP contribution < -0.4 is 5.73 Å². The lowest BCUT2D eigenvalue weighted by atomic mass is 9.83. The van der Waals surface area contributed by atoms with E-state index in [1.165, 1.54) is 39.0 Å². The molecule has 0 aromatic carbocycles. The van der Waals surface area contributed by atoms with Crippen molar-refractivity contribution in [3.05, 3.63) is 0 Å². The molecule has 0 aromatic rings. The normalized spacial score (nSPS) is 38.5. The number of hydrogen-bond donors (Lipinski definition) is 1. The van der Waals surface area contributed by atoms with E-state index >= 15 is 0 Å². The first-order valence-electron chi connectivity index (χ1n) is 8.08. The second-order valence-corrected chi connectivity index (χ2v) is 6.54. The summed E-state index contributed by atoms with van der Waals surface area (Å²) in [5, 5.41) is 0. The standard InChI is InChI=1S/C15H29N3O/c1-2-14-11-15(12-16,5-10-19-14)18-8-6-17(7-9-18)13-3-4-13/h13-14H,2-12,16H2,1H3. The number of rotatable bonds is 4. The first-order chi connectivity index (χ1) is 9.27. The highest BCUT2D eigenvalue weighted by molar-refractivity contribution is 4.99. The molecule has 2 saturated heterocycles. The highest BCUT2D eigenvalue weighted by Crippen LogP contribution is 2.34. The average Bonchev–Trinajstić information content (AvgIpc) is 3.32. The third-order valence-electron chi connectivity index (χ3n) is 5.41. The molecule has 2 aliphatic heterocycles. The molecule has 1 saturated carbocycles. The summed E-state index contributed by atoms with van der Waals surface area (Å²) >= 11 is 0. The summed E-state index contributed by atoms with van der Waals surface area (Å²) in [6, 6.07) is 0.911. The van der Waals surface area contributed by atoms with Gasteiger partial charge in [-0.1, -0.05) is 6.92 Å². The molecule has 0 aromatic heterocycles. The molecule has 1 aliphatic carbocycles. The van der Waals surface area contributed by atoms with E-state index in [9.17, 15) is 0 Å². The van der Waals surface area contributed by atoms with E-state index in [-0.39, 0.29) is 5.54 Å². The van der Waals surface area contributed by atoms with Crippen molar-refractivity contribution in [3.8, 4) is 0 Å². The molecule has 3 aliphatic rings. The summed E-state index contributed by atoms with van der Waals surface area (Å²) in [6.45, 7) is 8.78. The van der Waals surface area contributed by atoms with Crippen LogP contribution in [0, 0.1) is 0 Å². The van der Waals surface area contributed by atoms with Gasteiger partial charge in [0.25, 0.3) is 0 Å². The quantitative estimate of drug-likeness (QED) is 0.827. The number of ether oxygens (including phenoxy) is 1. The second kappa shape index (κ2) is 5.68. The number of hydrogen-bond acceptors (Lipinski definition) is 4. The first-order valence-corrected chi connectivity index (χ1v) is 8.08. The van der Waals surface area contributed by atoms with E-state index in [4.69, 9.17) is 10.5 Å². The predicted molar refractivity (Wildman–Crippen MR) is 77.2 cm³/mol. The Balaban J connectivity index is 1.61. The molecule has 0 bridgehead atoms. The van der Waals surface area contributed by atoms with Crippen LogP contribution in [0.15, 0.2) is 0 Å². The highest BCUT2D eigenvalue weighted by atomic mass is 16.5. The van der Waals surface area contributed by atoms with Crippen LogP contribution in [0.1, 0.15) is 39.0 Å². The van der Waals surface area contributed by atoms with Crippen LogP contribution in [0.3, 0.4) is 0 Å². The van der Waals surface area contributed by atoms with Crippen molar-refractivity contribution in [2.45, 2.75) is 56.7 Å². The lowest BCUT2D eigenvalue weighted by Crippen LogP contribution is -2.63. The number of piperazine rings is 1. The zero-order valence-electron chi connectivity index (χ0n) is 12.3. The van der Waals surface area contributed by atoms with Gasteiger partial charge in [-0.2, -0.15) is 0 Å². The van der Waals surface area contributed by atoms with Crippen LogP contribution in [0.2, 0.25) is 0 Å². The molecule has 2 unspecified atom stereocenters. The molecule has 0 amide bonds. The number of nitrogens with two attached hydrogens (primary N) is 1. The van der Waals surface area contributed by atoms with E-state index in [1.807, 2.05) is 0 Å². The van der Waals surface area contributed by atoms with Crippen molar-refractivity contribution in [2.75, 3.05) is 39.3 Å². The maximum atomic E-state index is 6.18. The van der Waals surface area contributed by atoms with Gasteiger partial charge in [0.1, 0.15) is 0 Å². The smallest absolute Gasteiger partial charge is 0.0590 e. The molecule has 4 heteroatoms. The lowest BCUT2D eigenvalue weighted by molar-refractivity contribution is -0.0830. The minimum Gasteiger partial charge on any atom is -0.378 e. The molecule has 3 rings (SSSR count). The second-order valence-electron chi connectivity index (χ2n) is 6.54. The third kappa shape index (κ3) is 2.82. The fraction of sp³-hybridized carbons (Fsp3) is 1.00. The van der Waals surface area contributed by atoms with Gasteiger partial charge in [0.2, 0.25) is 0 Å². The van der Waals surface area contributed by atoms with Gasteiger partial charge >= 0.3 is 0 Å². The van der Waals surface area contributed by atoms with Gasteiger partial charge in [-0.3, -0.25) is 9.80 Å². The molecular weight excluding hydrogens is 238 g/mol. The molecule has 0 radical (unpaired) electrons. The van der Waals surface area contributed by atoms with Gasteiger partial charge in [-0.25, -0.2) is 0 Å². The zero-order chi connectivity index (χ0) is 13.3. The summed E-state index contributed by atoms with van der Waals surface area (Å²) in [5.74, 6) is 0. The van der Waals surface area contributed by atoms with Crippen molar-refractivity contribution < 1.29 is 4.74 Å². The fourth-order valence-electron chi connectivity index (χ4n) is 3.87. The van der Waals surface area contributed by atoms with E-state index in [2.05, 4.69) is 16.7 Å². The van der Waals surface area contributed by atoms with Crippen LogP contribution in [-0.2, 0) is 4.74 Å². The molecule has 0 spiro atoms. The lowest BCUT2D eigenvalue weighted by Gasteiger charge is -2.51. The maximum absolute atomic E-state index is 6.18. The van der Waals surface area contributed by atoms with Crippen LogP contribution in [0.25, 0.3) is 0 Å². The van der Waals surface area contributed by atoms with Crippen LogP contribution in [-0.4, -0.2) is 66.8 Å². The summed E-state index contributed by atoms with van der Waals surface area (Å²) in [7, 11) is 0. The Bertz CT molecular complexity index is 300. The molecule has 2 N–H and O–H groups in total. The van der Waals surface area contributed by atoms with Gasteiger partial charge < -0.3 is 10.5 Å². The molecule has 4 nitrogen and oxygen atoms in total. The van der Waals surface area contributed by atoms with Gasteiger partial charge in [0, 0.05) is 50.9 Å². The molecular formula is C15H29N3O. The Kier molecular flexibility index (Phi) is 4.13. The van der Waals surface area contributed by atoms with Crippen molar-refractivity contribution >= 4 is 0 Å². The minimum atomic E-state index is 0.217. The Morgan fingerprint density at radius 2 is 1.95 bits per heavy atom. The van der Waals surface area contributed by atoms with Gasteiger partial charge in [-0.15, -0.1) is 0 Å². The highest BCUT2D eigenvalue weighted by Gasteiger charge is 2.42. The SMILES string of the molecule is CCC1CC(CN)(N2CCN(C3CC3)CC2)CCO1. The first kappa shape index (κ1) is 13.8. The average molecular weight is 267 g/mol. The number of nitrogens with zero attached hydrogens (tertiary/aromatic N) is 2. The summed E-state index contributed by atoms with van der Waals surface area (Å²) in [6.07, 6.45) is 6.62. The Labute approximate surface area is 117 Å². The van der Waals surface area contributed by atoms with Crippen LogP contribution in [0.5, 0.6) is 0 Å². The summed E-state index contributed by atoms with van der Waals surface area (Å²) in [4.78, 5) is 5.36. The summed E-state index contributed by atoms with van der Waals surface area (Å²) < 4.78 is 5.85. The van der Waals surface area contributed by atoms with Gasteiger partial charge in [0.15, 0.2) is 0 Å². The summed E-state index contributed by atoms with van der Waals surface area (Å²) in [5.41, 5.74) is 6.40. The third-order valence-corrected chi connectivity index (χ3v) is 5.41. The van der Waals surface area contributed by atoms with Crippen LogP contribution >= 0.6 is 0 Å². The van der Waals surface area contributed by atoms with Crippen molar-refractivity contribution in [1.29, 1.82) is 0 Å². The Morgan fingerprint density at radius 1 is 1.21 bits per heavy atom. The zero-order valence-corrected chi connectivity index (χ0v) is 12.3. The van der Waals surface area contributed by atoms with E-state index in [1.54, 1.807) is 0 Å². The fourth-order valence-corrected chi connectivity index (χ4v) is 3.87. The van der Waals surface area contributed by atoms with E-state index in [0.29, 0.717) is 6.10 Å². The maximum Gasteiger partial charge on any atom is 0.0590 e. The minimum absolute atomic E-state index is 0.217. The Morgan fingerprint density at radius 3 is 2.53 bits per heavy atom. The van der Waals surface area contributed by atoms with Crippen molar-refractivity contribution in [3.63, 3.8) is 0 Å². The topological polar surface area (TPSA) is 41.7 Å². The largest absolute Gasteiger partial charge is 0.378 e. The van der Waals surface area contributed by atoms with E-state index in [0.717, 1.165) is 38.5 Å². The van der Waals surface area contributed by atoms with E-state index < -0.39 is 0 Å². The Hall–Kier alpha value is -0.160. The predicted octanol–water partition coefficient (Wildman–Crippen LogP) is 1.05. The van der Waals surface area contributed by atoms with Crippen molar-refractivity contribution in [2.24, 2.45) is 5.73 Å². The van der Waals surface area contributed by atoms with Crippen LogP contribution in [0.4, 0.5) is 0 Å². The van der Waals surface area contributed by atoms with Gasteiger partial charge in [-0.05, 0) is 32.1 Å². The molecule has 2 atom stereocenters. The molecule has 19 heavy (non-hydrogen) atoms. The molecule has 3 fully saturated rings. The molecule has 110 valence electrons. The van der Waals surface area contributed by atoms with Gasteiger partial charge in [0.05, 0.1) is 6.10 Å². The molecule has 2 heterocycles. The monoisotopic (exact) mass is 267 g/mol.